The fourth-order valence-electron chi connectivity index (χ4n) is 2.56. The van der Waals surface area contributed by atoms with Crippen LogP contribution in [0.1, 0.15) is 17.0 Å². The second-order valence-electron chi connectivity index (χ2n) is 5.69. The lowest BCUT2D eigenvalue weighted by molar-refractivity contribution is 0.223. The molecule has 0 atom stereocenters. The number of rotatable bonds is 4. The van der Waals surface area contributed by atoms with E-state index in [4.69, 9.17) is 0 Å². The van der Waals surface area contributed by atoms with Crippen molar-refractivity contribution >= 4 is 22.6 Å². The summed E-state index contributed by atoms with van der Waals surface area (Å²) in [6, 6.07) is 5.52. The van der Waals surface area contributed by atoms with Gasteiger partial charge >= 0.3 is 6.03 Å². The number of hydrogen-bond acceptors (Lipinski definition) is 3. The maximum absolute atomic E-state index is 12.3. The molecule has 0 fully saturated rings. The van der Waals surface area contributed by atoms with Crippen LogP contribution in [0.5, 0.6) is 0 Å². The standard InChI is InChI=1S/C16H20N6O/c1-10-14(11(2)20-19-10)6-7-22(3)16(23)18-13-4-5-15-12(8-13)9-17-21-15/h4-5,8-9H,6-7H2,1-3H3,(H,17,21)(H,18,23)(H,19,20). The number of carbonyl (C=O) groups is 1. The third-order valence-corrected chi connectivity index (χ3v) is 4.02. The molecule has 2 heterocycles. The molecule has 0 saturated carbocycles. The van der Waals surface area contributed by atoms with Gasteiger partial charge in [-0.05, 0) is 44.0 Å². The summed E-state index contributed by atoms with van der Waals surface area (Å²) in [6.45, 7) is 4.59. The number of amides is 2. The molecular formula is C16H20N6O. The zero-order valence-electron chi connectivity index (χ0n) is 13.5. The maximum Gasteiger partial charge on any atom is 0.321 e. The molecule has 0 radical (unpaired) electrons. The molecule has 7 heteroatoms. The number of benzene rings is 1. The third kappa shape index (κ3) is 3.18. The smallest absolute Gasteiger partial charge is 0.321 e. The minimum absolute atomic E-state index is 0.133. The predicted octanol–water partition coefficient (Wildman–Crippen LogP) is 2.61. The van der Waals surface area contributed by atoms with Gasteiger partial charge in [0.25, 0.3) is 0 Å². The first-order valence-corrected chi connectivity index (χ1v) is 7.50. The van der Waals surface area contributed by atoms with Crippen LogP contribution in [0.3, 0.4) is 0 Å². The van der Waals surface area contributed by atoms with E-state index in [0.29, 0.717) is 6.54 Å². The minimum Gasteiger partial charge on any atom is -0.327 e. The Bertz CT molecular complexity index is 815. The zero-order chi connectivity index (χ0) is 16.4. The second kappa shape index (κ2) is 6.12. The number of nitrogens with zero attached hydrogens (tertiary/aromatic N) is 3. The van der Waals surface area contributed by atoms with Gasteiger partial charge in [-0.15, -0.1) is 0 Å². The maximum atomic E-state index is 12.3. The summed E-state index contributed by atoms with van der Waals surface area (Å²) in [4.78, 5) is 14.0. The topological polar surface area (TPSA) is 89.7 Å². The van der Waals surface area contributed by atoms with Crippen LogP contribution in [-0.4, -0.2) is 44.9 Å². The molecule has 3 N–H and O–H groups in total. The normalized spacial score (nSPS) is 10.9. The zero-order valence-corrected chi connectivity index (χ0v) is 13.5. The lowest BCUT2D eigenvalue weighted by Crippen LogP contribution is -2.33. The van der Waals surface area contributed by atoms with E-state index in [1.165, 1.54) is 5.56 Å². The Labute approximate surface area is 134 Å². The number of aromatic nitrogens is 4. The van der Waals surface area contributed by atoms with Gasteiger partial charge in [-0.3, -0.25) is 10.2 Å². The van der Waals surface area contributed by atoms with Gasteiger partial charge in [-0.2, -0.15) is 10.2 Å². The van der Waals surface area contributed by atoms with Gasteiger partial charge in [0, 0.05) is 30.4 Å². The molecular weight excluding hydrogens is 292 g/mol. The predicted molar refractivity (Wildman–Crippen MR) is 89.5 cm³/mol. The van der Waals surface area contributed by atoms with Gasteiger partial charge in [0.05, 0.1) is 17.4 Å². The Morgan fingerprint density at radius 3 is 2.87 bits per heavy atom. The van der Waals surface area contributed by atoms with Crippen LogP contribution in [0.4, 0.5) is 10.5 Å². The van der Waals surface area contributed by atoms with Crippen molar-refractivity contribution in [2.24, 2.45) is 0 Å². The molecule has 2 aromatic heterocycles. The molecule has 0 saturated heterocycles. The van der Waals surface area contributed by atoms with Gasteiger partial charge in [-0.1, -0.05) is 0 Å². The second-order valence-corrected chi connectivity index (χ2v) is 5.69. The fraction of sp³-hybridized carbons (Fsp3) is 0.312. The van der Waals surface area contributed by atoms with Crippen LogP contribution in [0.2, 0.25) is 0 Å². The summed E-state index contributed by atoms with van der Waals surface area (Å²) < 4.78 is 0. The van der Waals surface area contributed by atoms with Gasteiger partial charge < -0.3 is 10.2 Å². The number of hydrogen-bond donors (Lipinski definition) is 3. The van der Waals surface area contributed by atoms with E-state index < -0.39 is 0 Å². The van der Waals surface area contributed by atoms with Gasteiger partial charge in [-0.25, -0.2) is 4.79 Å². The van der Waals surface area contributed by atoms with E-state index in [1.807, 2.05) is 32.0 Å². The molecule has 0 bridgehead atoms. The molecule has 23 heavy (non-hydrogen) atoms. The first-order chi connectivity index (χ1) is 11.0. The van der Waals surface area contributed by atoms with Crippen molar-refractivity contribution in [1.82, 2.24) is 25.3 Å². The Morgan fingerprint density at radius 2 is 2.13 bits per heavy atom. The van der Waals surface area contributed by atoms with E-state index in [-0.39, 0.29) is 6.03 Å². The van der Waals surface area contributed by atoms with Crippen molar-refractivity contribution < 1.29 is 4.79 Å². The number of H-pyrrole nitrogens is 2. The first-order valence-electron chi connectivity index (χ1n) is 7.50. The van der Waals surface area contributed by atoms with Crippen LogP contribution in [0.25, 0.3) is 10.9 Å². The number of likely N-dealkylation sites (N-methyl/N-ethyl adjacent to an activating group) is 1. The van der Waals surface area contributed by atoms with E-state index in [0.717, 1.165) is 34.4 Å². The van der Waals surface area contributed by atoms with Crippen molar-refractivity contribution in [2.75, 3.05) is 18.9 Å². The highest BCUT2D eigenvalue weighted by Crippen LogP contribution is 2.17. The SMILES string of the molecule is Cc1n[nH]c(C)c1CCN(C)C(=O)Nc1ccc2[nH]ncc2c1. The van der Waals surface area contributed by atoms with Crippen molar-refractivity contribution in [3.05, 3.63) is 41.3 Å². The van der Waals surface area contributed by atoms with Gasteiger partial charge in [0.2, 0.25) is 0 Å². The largest absolute Gasteiger partial charge is 0.327 e. The van der Waals surface area contributed by atoms with Gasteiger partial charge in [0.1, 0.15) is 0 Å². The molecule has 0 aliphatic heterocycles. The summed E-state index contributed by atoms with van der Waals surface area (Å²) in [7, 11) is 1.79. The van der Waals surface area contributed by atoms with Crippen molar-refractivity contribution in [3.63, 3.8) is 0 Å². The van der Waals surface area contributed by atoms with Crippen LogP contribution in [0.15, 0.2) is 24.4 Å². The summed E-state index contributed by atoms with van der Waals surface area (Å²) in [5, 5.41) is 17.9. The Morgan fingerprint density at radius 1 is 1.30 bits per heavy atom. The number of aryl methyl sites for hydroxylation is 2. The summed E-state index contributed by atoms with van der Waals surface area (Å²) in [5.41, 5.74) is 4.92. The summed E-state index contributed by atoms with van der Waals surface area (Å²) in [6.07, 6.45) is 2.51. The average molecular weight is 312 g/mol. The molecule has 3 aromatic rings. The van der Waals surface area contributed by atoms with E-state index in [9.17, 15) is 4.79 Å². The van der Waals surface area contributed by atoms with Crippen LogP contribution in [0, 0.1) is 13.8 Å². The summed E-state index contributed by atoms with van der Waals surface area (Å²) >= 11 is 0. The molecule has 0 spiro atoms. The molecule has 120 valence electrons. The lowest BCUT2D eigenvalue weighted by atomic mass is 10.1. The number of nitrogens with one attached hydrogen (secondary N) is 3. The summed E-state index contributed by atoms with van der Waals surface area (Å²) in [5.74, 6) is 0. The Hall–Kier alpha value is -2.83. The molecule has 0 unspecified atom stereocenters. The Kier molecular flexibility index (Phi) is 4.01. The average Bonchev–Trinajstić information content (AvgIpc) is 3.11. The highest BCUT2D eigenvalue weighted by molar-refractivity contribution is 5.92. The van der Waals surface area contributed by atoms with Crippen LogP contribution >= 0.6 is 0 Å². The quantitative estimate of drug-likeness (QED) is 0.691. The minimum atomic E-state index is -0.133. The molecule has 0 aliphatic carbocycles. The highest BCUT2D eigenvalue weighted by Gasteiger charge is 2.12. The first kappa shape index (κ1) is 15.1. The molecule has 3 rings (SSSR count). The Balaban J connectivity index is 1.61. The number of aromatic amines is 2. The molecule has 0 aliphatic rings. The molecule has 1 aromatic carbocycles. The van der Waals surface area contributed by atoms with Crippen LogP contribution in [-0.2, 0) is 6.42 Å². The lowest BCUT2D eigenvalue weighted by Gasteiger charge is -2.18. The fourth-order valence-corrected chi connectivity index (χ4v) is 2.56. The number of fused-ring (bicyclic) bond motifs is 1. The number of urea groups is 1. The van der Waals surface area contributed by atoms with Crippen molar-refractivity contribution in [3.8, 4) is 0 Å². The highest BCUT2D eigenvalue weighted by atomic mass is 16.2. The van der Waals surface area contributed by atoms with E-state index >= 15 is 0 Å². The van der Waals surface area contributed by atoms with Crippen molar-refractivity contribution in [2.45, 2.75) is 20.3 Å². The number of carbonyl (C=O) groups excluding carboxylic acids is 1. The van der Waals surface area contributed by atoms with E-state index in [1.54, 1.807) is 18.1 Å². The number of anilines is 1. The molecule has 2 amide bonds. The van der Waals surface area contributed by atoms with Crippen LogP contribution < -0.4 is 5.32 Å². The molecule has 7 nitrogen and oxygen atoms in total. The van der Waals surface area contributed by atoms with E-state index in [2.05, 4.69) is 25.7 Å². The van der Waals surface area contributed by atoms with Gasteiger partial charge in [0.15, 0.2) is 0 Å². The van der Waals surface area contributed by atoms with Crippen molar-refractivity contribution in [1.29, 1.82) is 0 Å². The third-order valence-electron chi connectivity index (χ3n) is 4.02. The monoisotopic (exact) mass is 312 g/mol.